The third-order valence-corrected chi connectivity index (χ3v) is 0.981. The van der Waals surface area contributed by atoms with Crippen LogP contribution in [0.1, 0.15) is 13.8 Å². The molecule has 1 heterocycles. The van der Waals surface area contributed by atoms with Crippen LogP contribution in [0.5, 0.6) is 0 Å². The lowest BCUT2D eigenvalue weighted by molar-refractivity contribution is 0.505. The highest BCUT2D eigenvalue weighted by Gasteiger charge is 1.86. The van der Waals surface area contributed by atoms with Gasteiger partial charge in [0.25, 0.3) is 0 Å². The Balaban J connectivity index is 0.000000291. The summed E-state index contributed by atoms with van der Waals surface area (Å²) in [6.45, 7) is 5.05. The second-order valence-electron chi connectivity index (χ2n) is 1.71. The van der Waals surface area contributed by atoms with Gasteiger partial charge in [0, 0.05) is 13.6 Å². The third-order valence-electron chi connectivity index (χ3n) is 0.981. The molecule has 0 aromatic rings. The maximum atomic E-state index is 2.12. The molecule has 1 rings (SSSR count). The van der Waals surface area contributed by atoms with E-state index < -0.39 is 0 Å². The number of rotatable bonds is 0. The van der Waals surface area contributed by atoms with Gasteiger partial charge in [-0.05, 0) is 12.3 Å². The van der Waals surface area contributed by atoms with Gasteiger partial charge in [-0.1, -0.05) is 26.0 Å². The Morgan fingerprint density at radius 3 is 2.11 bits per heavy atom. The van der Waals surface area contributed by atoms with Gasteiger partial charge < -0.3 is 4.90 Å². The molecule has 0 saturated heterocycles. The van der Waals surface area contributed by atoms with Gasteiger partial charge in [-0.15, -0.1) is 0 Å². The first kappa shape index (κ1) is 8.28. The molecule has 0 unspecified atom stereocenters. The van der Waals surface area contributed by atoms with E-state index in [0.717, 1.165) is 6.54 Å². The van der Waals surface area contributed by atoms with Crippen molar-refractivity contribution in [3.05, 3.63) is 24.4 Å². The zero-order valence-electron chi connectivity index (χ0n) is 6.46. The minimum atomic E-state index is 1.05. The molecule has 1 aliphatic rings. The fraction of sp³-hybridized carbons (Fsp3) is 0.500. The molecular formula is C8H15N. The Kier molecular flexibility index (Phi) is 4.98. The van der Waals surface area contributed by atoms with Crippen molar-refractivity contribution in [2.75, 3.05) is 13.6 Å². The van der Waals surface area contributed by atoms with Crippen molar-refractivity contribution in [2.24, 2.45) is 0 Å². The summed E-state index contributed by atoms with van der Waals surface area (Å²) < 4.78 is 0. The van der Waals surface area contributed by atoms with Crippen LogP contribution in [-0.4, -0.2) is 18.5 Å². The second-order valence-corrected chi connectivity index (χ2v) is 1.71. The van der Waals surface area contributed by atoms with E-state index in [2.05, 4.69) is 30.3 Å². The average Bonchev–Trinajstić information content (AvgIpc) is 1.94. The Hall–Kier alpha value is -0.720. The summed E-state index contributed by atoms with van der Waals surface area (Å²) in [5, 5.41) is 0. The maximum Gasteiger partial charge on any atom is 0.0353 e. The minimum absolute atomic E-state index is 1.05. The molecule has 9 heavy (non-hydrogen) atoms. The molecule has 0 aliphatic carbocycles. The Morgan fingerprint density at radius 2 is 1.89 bits per heavy atom. The van der Waals surface area contributed by atoms with E-state index in [4.69, 9.17) is 0 Å². The first-order valence-electron chi connectivity index (χ1n) is 3.43. The lowest BCUT2D eigenvalue weighted by Gasteiger charge is -2.11. The standard InChI is InChI=1S/C6H9N.C2H6/c1-7-5-3-2-4-6-7;1-2/h2-5H,6H2,1H3;1-2H3. The summed E-state index contributed by atoms with van der Waals surface area (Å²) in [7, 11) is 2.06. The molecule has 0 amide bonds. The van der Waals surface area contributed by atoms with E-state index in [9.17, 15) is 0 Å². The molecule has 0 spiro atoms. The highest BCUT2D eigenvalue weighted by atomic mass is 15.1. The topological polar surface area (TPSA) is 3.24 Å². The van der Waals surface area contributed by atoms with Crippen LogP contribution in [0.4, 0.5) is 0 Å². The van der Waals surface area contributed by atoms with Crippen molar-refractivity contribution >= 4 is 0 Å². The molecule has 0 N–H and O–H groups in total. The normalized spacial score (nSPS) is 14.8. The van der Waals surface area contributed by atoms with Crippen LogP contribution in [0.15, 0.2) is 24.4 Å². The fourth-order valence-corrected chi connectivity index (χ4v) is 0.563. The molecule has 0 fully saturated rings. The van der Waals surface area contributed by atoms with E-state index >= 15 is 0 Å². The highest BCUT2D eigenvalue weighted by Crippen LogP contribution is 1.91. The summed E-state index contributed by atoms with van der Waals surface area (Å²) in [6.07, 6.45) is 8.27. The summed E-state index contributed by atoms with van der Waals surface area (Å²) in [4.78, 5) is 2.12. The quantitative estimate of drug-likeness (QED) is 0.479. The van der Waals surface area contributed by atoms with Gasteiger partial charge >= 0.3 is 0 Å². The Labute approximate surface area is 57.7 Å². The molecule has 1 aliphatic heterocycles. The third kappa shape index (κ3) is 3.83. The highest BCUT2D eigenvalue weighted by molar-refractivity contribution is 5.07. The van der Waals surface area contributed by atoms with Crippen molar-refractivity contribution in [1.82, 2.24) is 4.90 Å². The van der Waals surface area contributed by atoms with Gasteiger partial charge in [0.1, 0.15) is 0 Å². The van der Waals surface area contributed by atoms with Crippen LogP contribution in [-0.2, 0) is 0 Å². The van der Waals surface area contributed by atoms with E-state index in [0.29, 0.717) is 0 Å². The zero-order chi connectivity index (χ0) is 7.11. The SMILES string of the molecule is CC.CN1C=CC=CC1. The maximum absolute atomic E-state index is 2.12. The average molecular weight is 125 g/mol. The van der Waals surface area contributed by atoms with Crippen LogP contribution >= 0.6 is 0 Å². The zero-order valence-corrected chi connectivity index (χ0v) is 6.46. The molecule has 1 heteroatoms. The molecule has 0 radical (unpaired) electrons. The van der Waals surface area contributed by atoms with Gasteiger partial charge in [0.2, 0.25) is 0 Å². The van der Waals surface area contributed by atoms with Crippen molar-refractivity contribution in [3.8, 4) is 0 Å². The van der Waals surface area contributed by atoms with Crippen LogP contribution in [0, 0.1) is 0 Å². The predicted octanol–water partition coefficient (Wildman–Crippen LogP) is 2.03. The lowest BCUT2D eigenvalue weighted by atomic mass is 10.4. The molecule has 0 saturated carbocycles. The monoisotopic (exact) mass is 125 g/mol. The molecule has 1 nitrogen and oxygen atoms in total. The summed E-state index contributed by atoms with van der Waals surface area (Å²) in [5.74, 6) is 0. The predicted molar refractivity (Wildman–Crippen MR) is 42.3 cm³/mol. The number of likely N-dealkylation sites (N-methyl/N-ethyl adjacent to an activating group) is 1. The fourth-order valence-electron chi connectivity index (χ4n) is 0.563. The van der Waals surface area contributed by atoms with Crippen LogP contribution < -0.4 is 0 Å². The van der Waals surface area contributed by atoms with Gasteiger partial charge in [-0.25, -0.2) is 0 Å². The minimum Gasteiger partial charge on any atom is -0.377 e. The van der Waals surface area contributed by atoms with E-state index in [1.165, 1.54) is 0 Å². The number of allylic oxidation sites excluding steroid dienone is 2. The second kappa shape index (κ2) is 5.42. The molecular weight excluding hydrogens is 110 g/mol. The van der Waals surface area contributed by atoms with Crippen molar-refractivity contribution in [2.45, 2.75) is 13.8 Å². The van der Waals surface area contributed by atoms with E-state index in [1.54, 1.807) is 0 Å². The van der Waals surface area contributed by atoms with Crippen molar-refractivity contribution in [1.29, 1.82) is 0 Å². The Bertz CT molecular complexity index is 103. The van der Waals surface area contributed by atoms with Gasteiger partial charge in [-0.3, -0.25) is 0 Å². The van der Waals surface area contributed by atoms with Gasteiger partial charge in [-0.2, -0.15) is 0 Å². The van der Waals surface area contributed by atoms with E-state index in [-0.39, 0.29) is 0 Å². The molecule has 0 bridgehead atoms. The van der Waals surface area contributed by atoms with Crippen molar-refractivity contribution in [3.63, 3.8) is 0 Å². The first-order chi connectivity index (χ1) is 4.39. The van der Waals surface area contributed by atoms with Crippen molar-refractivity contribution < 1.29 is 0 Å². The molecule has 0 atom stereocenters. The van der Waals surface area contributed by atoms with Crippen LogP contribution in [0.3, 0.4) is 0 Å². The largest absolute Gasteiger partial charge is 0.377 e. The number of hydrogen-bond acceptors (Lipinski definition) is 1. The summed E-state index contributed by atoms with van der Waals surface area (Å²) in [6, 6.07) is 0. The number of hydrogen-bond donors (Lipinski definition) is 0. The van der Waals surface area contributed by atoms with Gasteiger partial charge in [0.05, 0.1) is 0 Å². The number of nitrogens with zero attached hydrogens (tertiary/aromatic N) is 1. The molecule has 52 valence electrons. The summed E-state index contributed by atoms with van der Waals surface area (Å²) in [5.41, 5.74) is 0. The summed E-state index contributed by atoms with van der Waals surface area (Å²) >= 11 is 0. The molecule has 0 aromatic carbocycles. The van der Waals surface area contributed by atoms with Crippen LogP contribution in [0.25, 0.3) is 0 Å². The lowest BCUT2D eigenvalue weighted by Crippen LogP contribution is -2.11. The van der Waals surface area contributed by atoms with Crippen LogP contribution in [0.2, 0.25) is 0 Å². The molecule has 0 aromatic heterocycles. The Morgan fingerprint density at radius 1 is 1.22 bits per heavy atom. The van der Waals surface area contributed by atoms with Gasteiger partial charge in [0.15, 0.2) is 0 Å². The van der Waals surface area contributed by atoms with E-state index in [1.807, 2.05) is 19.9 Å². The first-order valence-corrected chi connectivity index (χ1v) is 3.43. The smallest absolute Gasteiger partial charge is 0.0353 e.